The first-order valence-electron chi connectivity index (χ1n) is 7.13. The van der Waals surface area contributed by atoms with Crippen molar-refractivity contribution in [2.75, 3.05) is 13.2 Å². The fourth-order valence-corrected chi connectivity index (χ4v) is 3.44. The number of rotatable bonds is 5. The summed E-state index contributed by atoms with van der Waals surface area (Å²) in [5, 5.41) is 0. The molecule has 3 rings (SSSR count). The third kappa shape index (κ3) is 4.00. The predicted molar refractivity (Wildman–Crippen MR) is 83.4 cm³/mol. The predicted octanol–water partition coefficient (Wildman–Crippen LogP) is 2.09. The highest BCUT2D eigenvalue weighted by Gasteiger charge is 2.23. The van der Waals surface area contributed by atoms with Crippen LogP contribution < -0.4 is 14.2 Å². The number of benzene rings is 2. The van der Waals surface area contributed by atoms with Gasteiger partial charge >= 0.3 is 0 Å². The molecule has 0 fully saturated rings. The molecule has 23 heavy (non-hydrogen) atoms. The Morgan fingerprint density at radius 3 is 2.57 bits per heavy atom. The average Bonchev–Trinajstić information content (AvgIpc) is 2.55. The fourth-order valence-electron chi connectivity index (χ4n) is 2.25. The number of hydrogen-bond donors (Lipinski definition) is 1. The van der Waals surface area contributed by atoms with Crippen molar-refractivity contribution in [3.8, 4) is 11.5 Å². The van der Waals surface area contributed by atoms with Gasteiger partial charge in [-0.2, -0.15) is 0 Å². The second-order valence-electron chi connectivity index (χ2n) is 5.20. The molecule has 0 saturated carbocycles. The van der Waals surface area contributed by atoms with Crippen molar-refractivity contribution >= 4 is 10.0 Å². The van der Waals surface area contributed by atoms with Crippen molar-refractivity contribution in [3.63, 3.8) is 0 Å². The lowest BCUT2D eigenvalue weighted by atomic mass is 10.2. The van der Waals surface area contributed by atoms with Crippen molar-refractivity contribution in [2.24, 2.45) is 0 Å². The summed E-state index contributed by atoms with van der Waals surface area (Å²) in [5.41, 5.74) is 0.131. The van der Waals surface area contributed by atoms with Gasteiger partial charge < -0.3 is 9.47 Å². The van der Waals surface area contributed by atoms with E-state index in [-0.39, 0.29) is 18.7 Å². The lowest BCUT2D eigenvalue weighted by Crippen LogP contribution is -2.41. The van der Waals surface area contributed by atoms with E-state index in [1.54, 1.807) is 18.2 Å². The number of hydrogen-bond acceptors (Lipinski definition) is 4. The molecule has 0 amide bonds. The molecular formula is C16H16FNO4S. The van der Waals surface area contributed by atoms with Crippen LogP contribution in [0.25, 0.3) is 0 Å². The van der Waals surface area contributed by atoms with Gasteiger partial charge in [-0.1, -0.05) is 30.3 Å². The van der Waals surface area contributed by atoms with Crippen LogP contribution in [-0.2, 0) is 15.8 Å². The maximum Gasteiger partial charge on any atom is 0.216 e. The van der Waals surface area contributed by atoms with Gasteiger partial charge in [-0.3, -0.25) is 0 Å². The number of halogens is 1. The van der Waals surface area contributed by atoms with Crippen molar-refractivity contribution in [1.82, 2.24) is 4.72 Å². The minimum Gasteiger partial charge on any atom is -0.486 e. The summed E-state index contributed by atoms with van der Waals surface area (Å²) in [6.45, 7) is 0.310. The molecule has 1 unspecified atom stereocenters. The lowest BCUT2D eigenvalue weighted by Gasteiger charge is -2.26. The van der Waals surface area contributed by atoms with Crippen LogP contribution in [0.15, 0.2) is 48.5 Å². The third-order valence-electron chi connectivity index (χ3n) is 3.40. The molecule has 0 spiro atoms. The smallest absolute Gasteiger partial charge is 0.216 e. The summed E-state index contributed by atoms with van der Waals surface area (Å²) in [4.78, 5) is 0. The standard InChI is InChI=1S/C16H16FNO4S/c17-14-6-2-1-5-12(14)11-23(19,20)18-9-13-10-21-15-7-3-4-8-16(15)22-13/h1-8,13,18H,9-11H2. The van der Waals surface area contributed by atoms with Gasteiger partial charge in [0.05, 0.1) is 12.3 Å². The molecule has 1 heterocycles. The van der Waals surface area contributed by atoms with Gasteiger partial charge in [-0.15, -0.1) is 0 Å². The molecule has 0 saturated heterocycles. The zero-order chi connectivity index (χ0) is 16.3. The first-order chi connectivity index (χ1) is 11.0. The summed E-state index contributed by atoms with van der Waals surface area (Å²) in [7, 11) is -3.66. The largest absolute Gasteiger partial charge is 0.486 e. The van der Waals surface area contributed by atoms with E-state index in [9.17, 15) is 12.8 Å². The highest BCUT2D eigenvalue weighted by molar-refractivity contribution is 7.88. The first kappa shape index (κ1) is 15.8. The molecule has 0 bridgehead atoms. The summed E-state index contributed by atoms with van der Waals surface area (Å²) in [5.74, 6) is 0.267. The molecular weight excluding hydrogens is 321 g/mol. The van der Waals surface area contributed by atoms with Gasteiger partial charge in [0.1, 0.15) is 18.5 Å². The SMILES string of the molecule is O=S(=O)(Cc1ccccc1F)NCC1COc2ccccc2O1. The van der Waals surface area contributed by atoms with E-state index in [1.807, 2.05) is 12.1 Å². The van der Waals surface area contributed by atoms with E-state index < -0.39 is 27.7 Å². The van der Waals surface area contributed by atoms with Crippen LogP contribution in [0.4, 0.5) is 4.39 Å². The van der Waals surface area contributed by atoms with E-state index in [4.69, 9.17) is 9.47 Å². The Balaban J connectivity index is 1.59. The zero-order valence-corrected chi connectivity index (χ0v) is 13.1. The van der Waals surface area contributed by atoms with Crippen LogP contribution >= 0.6 is 0 Å². The molecule has 0 aromatic heterocycles. The topological polar surface area (TPSA) is 64.6 Å². The minimum absolute atomic E-state index is 0.0606. The van der Waals surface area contributed by atoms with Crippen molar-refractivity contribution in [2.45, 2.75) is 11.9 Å². The second-order valence-corrected chi connectivity index (χ2v) is 7.00. The van der Waals surface area contributed by atoms with Crippen molar-refractivity contribution in [1.29, 1.82) is 0 Å². The Bertz CT molecular complexity index is 794. The molecule has 1 N–H and O–H groups in total. The van der Waals surface area contributed by atoms with Gasteiger partial charge in [0.25, 0.3) is 0 Å². The zero-order valence-electron chi connectivity index (χ0n) is 12.2. The summed E-state index contributed by atoms with van der Waals surface area (Å²) in [6.07, 6.45) is -0.430. The molecule has 5 nitrogen and oxygen atoms in total. The van der Waals surface area contributed by atoms with Crippen LogP contribution in [0, 0.1) is 5.82 Å². The molecule has 0 aliphatic carbocycles. The Kier molecular flexibility index (Phi) is 4.49. The molecule has 2 aromatic rings. The molecule has 0 radical (unpaired) electrons. The van der Waals surface area contributed by atoms with E-state index in [0.717, 1.165) is 0 Å². The van der Waals surface area contributed by atoms with Gasteiger partial charge in [0.15, 0.2) is 11.5 Å². The first-order valence-corrected chi connectivity index (χ1v) is 8.78. The number of sulfonamides is 1. The van der Waals surface area contributed by atoms with Gasteiger partial charge in [-0.25, -0.2) is 17.5 Å². The number of nitrogens with one attached hydrogen (secondary N) is 1. The van der Waals surface area contributed by atoms with Gasteiger partial charge in [0, 0.05) is 5.56 Å². The lowest BCUT2D eigenvalue weighted by molar-refractivity contribution is 0.0943. The van der Waals surface area contributed by atoms with Crippen LogP contribution in [-0.4, -0.2) is 27.7 Å². The summed E-state index contributed by atoms with van der Waals surface area (Å²) >= 11 is 0. The maximum absolute atomic E-state index is 13.5. The van der Waals surface area contributed by atoms with Crippen LogP contribution in [0.5, 0.6) is 11.5 Å². The molecule has 1 atom stereocenters. The van der Waals surface area contributed by atoms with Crippen LogP contribution in [0.1, 0.15) is 5.56 Å². The normalized spacial score (nSPS) is 17.0. The Morgan fingerprint density at radius 1 is 1.09 bits per heavy atom. The Labute approximate surface area is 134 Å². The van der Waals surface area contributed by atoms with E-state index in [1.165, 1.54) is 18.2 Å². The fraction of sp³-hybridized carbons (Fsp3) is 0.250. The Morgan fingerprint density at radius 2 is 1.78 bits per heavy atom. The quantitative estimate of drug-likeness (QED) is 0.907. The number of para-hydroxylation sites is 2. The van der Waals surface area contributed by atoms with Gasteiger partial charge in [-0.05, 0) is 18.2 Å². The summed E-state index contributed by atoms with van der Waals surface area (Å²) < 4.78 is 51.3. The highest BCUT2D eigenvalue weighted by Crippen LogP contribution is 2.30. The second kappa shape index (κ2) is 6.55. The third-order valence-corrected chi connectivity index (χ3v) is 4.70. The number of fused-ring (bicyclic) bond motifs is 1. The monoisotopic (exact) mass is 337 g/mol. The molecule has 122 valence electrons. The average molecular weight is 337 g/mol. The maximum atomic E-state index is 13.5. The van der Waals surface area contributed by atoms with Gasteiger partial charge in [0.2, 0.25) is 10.0 Å². The molecule has 1 aliphatic rings. The van der Waals surface area contributed by atoms with E-state index in [0.29, 0.717) is 11.5 Å². The molecule has 7 heteroatoms. The van der Waals surface area contributed by atoms with Crippen LogP contribution in [0.3, 0.4) is 0 Å². The van der Waals surface area contributed by atoms with Crippen molar-refractivity contribution < 1.29 is 22.3 Å². The minimum atomic E-state index is -3.66. The van der Waals surface area contributed by atoms with Crippen molar-refractivity contribution in [3.05, 3.63) is 59.9 Å². The van der Waals surface area contributed by atoms with Crippen LogP contribution in [0.2, 0.25) is 0 Å². The highest BCUT2D eigenvalue weighted by atomic mass is 32.2. The summed E-state index contributed by atoms with van der Waals surface area (Å²) in [6, 6.07) is 13.0. The van der Waals surface area contributed by atoms with E-state index in [2.05, 4.69) is 4.72 Å². The Hall–Kier alpha value is -2.12. The molecule has 1 aliphatic heterocycles. The molecule has 2 aromatic carbocycles. The number of ether oxygens (including phenoxy) is 2. The van der Waals surface area contributed by atoms with E-state index >= 15 is 0 Å².